The van der Waals surface area contributed by atoms with Crippen LogP contribution in [0.3, 0.4) is 0 Å². The highest BCUT2D eigenvalue weighted by Gasteiger charge is 2.04. The number of hydrogen-bond acceptors (Lipinski definition) is 2. The lowest BCUT2D eigenvalue weighted by Crippen LogP contribution is -2.38. The molecule has 0 amide bonds. The summed E-state index contributed by atoms with van der Waals surface area (Å²) >= 11 is 0. The van der Waals surface area contributed by atoms with Gasteiger partial charge >= 0.3 is 0 Å². The van der Waals surface area contributed by atoms with Crippen molar-refractivity contribution in [3.63, 3.8) is 0 Å². The lowest BCUT2D eigenvalue weighted by Gasteiger charge is -2.12. The first-order valence-electron chi connectivity index (χ1n) is 9.89. The van der Waals surface area contributed by atoms with Crippen molar-refractivity contribution in [3.05, 3.63) is 54.1 Å². The maximum absolute atomic E-state index is 4.66. The van der Waals surface area contributed by atoms with Crippen molar-refractivity contribution in [2.24, 2.45) is 4.99 Å². The molecule has 6 heteroatoms. The Morgan fingerprint density at radius 3 is 2.63 bits per heavy atom. The van der Waals surface area contributed by atoms with Crippen LogP contribution in [0.1, 0.15) is 50.9 Å². The average Bonchev–Trinajstić information content (AvgIpc) is 3.09. The van der Waals surface area contributed by atoms with Crippen molar-refractivity contribution in [3.8, 4) is 0 Å². The topological polar surface area (TPSA) is 54.2 Å². The zero-order valence-corrected chi connectivity index (χ0v) is 19.0. The molecule has 0 spiro atoms. The lowest BCUT2D eigenvalue weighted by molar-refractivity contribution is 0.667. The summed E-state index contributed by atoms with van der Waals surface area (Å²) in [5, 5.41) is 6.75. The first-order chi connectivity index (χ1) is 12.8. The van der Waals surface area contributed by atoms with E-state index in [1.54, 1.807) is 0 Å². The molecule has 0 saturated heterocycles. The van der Waals surface area contributed by atoms with Crippen LogP contribution >= 0.6 is 24.0 Å². The van der Waals surface area contributed by atoms with Gasteiger partial charge in [-0.1, -0.05) is 56.5 Å². The molecule has 2 rings (SSSR count). The highest BCUT2D eigenvalue weighted by molar-refractivity contribution is 14.0. The molecule has 2 N–H and O–H groups in total. The molecule has 1 aromatic heterocycles. The van der Waals surface area contributed by atoms with Crippen LogP contribution in [0.5, 0.6) is 0 Å². The van der Waals surface area contributed by atoms with Crippen molar-refractivity contribution in [1.82, 2.24) is 20.2 Å². The van der Waals surface area contributed by atoms with E-state index in [0.717, 1.165) is 50.8 Å². The van der Waals surface area contributed by atoms with Gasteiger partial charge < -0.3 is 15.2 Å². The Kier molecular flexibility index (Phi) is 12.6. The van der Waals surface area contributed by atoms with Gasteiger partial charge in [0.1, 0.15) is 5.82 Å². The molecule has 0 aliphatic rings. The largest absolute Gasteiger partial charge is 0.357 e. The molecule has 2 aromatic rings. The number of imidazole rings is 1. The van der Waals surface area contributed by atoms with Gasteiger partial charge in [0.2, 0.25) is 0 Å². The predicted molar refractivity (Wildman–Crippen MR) is 125 cm³/mol. The lowest BCUT2D eigenvalue weighted by atomic mass is 10.2. The van der Waals surface area contributed by atoms with Crippen LogP contribution in [-0.4, -0.2) is 35.1 Å². The molecular weight excluding hydrogens is 449 g/mol. The highest BCUT2D eigenvalue weighted by atomic mass is 127. The first-order valence-corrected chi connectivity index (χ1v) is 9.89. The van der Waals surface area contributed by atoms with Crippen LogP contribution in [0.15, 0.2) is 47.7 Å². The number of aromatic nitrogens is 2. The van der Waals surface area contributed by atoms with Gasteiger partial charge in [-0.3, -0.25) is 4.99 Å². The van der Waals surface area contributed by atoms with Crippen LogP contribution in [-0.2, 0) is 13.0 Å². The van der Waals surface area contributed by atoms with Gasteiger partial charge in [0, 0.05) is 45.0 Å². The van der Waals surface area contributed by atoms with E-state index in [0.29, 0.717) is 0 Å². The van der Waals surface area contributed by atoms with E-state index in [2.05, 4.69) is 69.5 Å². The van der Waals surface area contributed by atoms with Gasteiger partial charge in [-0.25, -0.2) is 4.98 Å². The number of guanidine groups is 1. The third-order valence-corrected chi connectivity index (χ3v) is 4.26. The highest BCUT2D eigenvalue weighted by Crippen LogP contribution is 2.06. The van der Waals surface area contributed by atoms with Crippen LogP contribution in [0.25, 0.3) is 0 Å². The molecule has 27 heavy (non-hydrogen) atoms. The van der Waals surface area contributed by atoms with Crippen molar-refractivity contribution in [2.75, 3.05) is 19.6 Å². The number of halogens is 1. The van der Waals surface area contributed by atoms with Gasteiger partial charge in [-0.15, -0.1) is 24.0 Å². The van der Waals surface area contributed by atoms with Crippen LogP contribution < -0.4 is 10.6 Å². The van der Waals surface area contributed by atoms with Crippen molar-refractivity contribution < 1.29 is 0 Å². The molecule has 0 atom stereocenters. The van der Waals surface area contributed by atoms with Crippen LogP contribution in [0, 0.1) is 0 Å². The maximum Gasteiger partial charge on any atom is 0.191 e. The molecule has 0 radical (unpaired) electrons. The van der Waals surface area contributed by atoms with E-state index in [4.69, 9.17) is 0 Å². The Morgan fingerprint density at radius 1 is 1.07 bits per heavy atom. The minimum absolute atomic E-state index is 0. The standard InChI is InChI=1S/C21H33N5.HI/c1-3-5-6-10-14-24-21(22-4-2)25-15-13-20-23-16-17-26(20)18-19-11-8-7-9-12-19;/h7-9,11-12,16-17H,3-6,10,13-15,18H2,1-2H3,(H2,22,24,25);1H. The number of rotatable bonds is 11. The molecule has 0 aliphatic heterocycles. The fourth-order valence-electron chi connectivity index (χ4n) is 2.86. The average molecular weight is 483 g/mol. The Balaban J connectivity index is 0.00000364. The summed E-state index contributed by atoms with van der Waals surface area (Å²) < 4.78 is 2.21. The summed E-state index contributed by atoms with van der Waals surface area (Å²) in [6.07, 6.45) is 9.78. The summed E-state index contributed by atoms with van der Waals surface area (Å²) in [7, 11) is 0. The van der Waals surface area contributed by atoms with E-state index in [1.165, 1.54) is 24.8 Å². The third-order valence-electron chi connectivity index (χ3n) is 4.26. The Labute approximate surface area is 181 Å². The van der Waals surface area contributed by atoms with Gasteiger partial charge in [-0.2, -0.15) is 0 Å². The van der Waals surface area contributed by atoms with Gasteiger partial charge in [0.15, 0.2) is 5.96 Å². The smallest absolute Gasteiger partial charge is 0.191 e. The number of nitrogens with one attached hydrogen (secondary N) is 2. The molecule has 5 nitrogen and oxygen atoms in total. The summed E-state index contributed by atoms with van der Waals surface area (Å²) in [4.78, 5) is 9.18. The molecule has 150 valence electrons. The van der Waals surface area contributed by atoms with E-state index in [-0.39, 0.29) is 24.0 Å². The number of unbranched alkanes of at least 4 members (excludes halogenated alkanes) is 3. The molecule has 1 heterocycles. The van der Waals surface area contributed by atoms with E-state index >= 15 is 0 Å². The third kappa shape index (κ3) is 9.26. The number of hydrogen-bond donors (Lipinski definition) is 2. The number of nitrogens with zero attached hydrogens (tertiary/aromatic N) is 3. The molecule has 0 unspecified atom stereocenters. The molecule has 0 bridgehead atoms. The van der Waals surface area contributed by atoms with E-state index in [1.807, 2.05) is 12.3 Å². The number of benzene rings is 1. The summed E-state index contributed by atoms with van der Waals surface area (Å²) in [6, 6.07) is 10.5. The van der Waals surface area contributed by atoms with Gasteiger partial charge in [0.05, 0.1) is 0 Å². The molecule has 0 saturated carbocycles. The zero-order valence-electron chi connectivity index (χ0n) is 16.7. The molecule has 1 aromatic carbocycles. The summed E-state index contributed by atoms with van der Waals surface area (Å²) in [5.74, 6) is 2.00. The van der Waals surface area contributed by atoms with E-state index < -0.39 is 0 Å². The molecule has 0 fully saturated rings. The summed E-state index contributed by atoms with van der Waals surface area (Å²) in [5.41, 5.74) is 1.29. The second-order valence-electron chi connectivity index (χ2n) is 6.46. The summed E-state index contributed by atoms with van der Waals surface area (Å²) in [6.45, 7) is 7.78. The minimum Gasteiger partial charge on any atom is -0.357 e. The second-order valence-corrected chi connectivity index (χ2v) is 6.46. The normalized spacial score (nSPS) is 11.1. The second kappa shape index (κ2) is 14.5. The minimum atomic E-state index is 0. The molecule has 0 aliphatic carbocycles. The van der Waals surface area contributed by atoms with Crippen molar-refractivity contribution >= 4 is 29.9 Å². The van der Waals surface area contributed by atoms with E-state index in [9.17, 15) is 0 Å². The van der Waals surface area contributed by atoms with Crippen LogP contribution in [0.2, 0.25) is 0 Å². The Bertz CT molecular complexity index is 639. The Hall–Kier alpha value is -1.57. The SMILES string of the molecule is CCCCCCN=C(NCC)NCCc1nccn1Cc1ccccc1.I. The van der Waals surface area contributed by atoms with Gasteiger partial charge in [0.25, 0.3) is 0 Å². The number of aliphatic imine (C=N–C) groups is 1. The van der Waals surface area contributed by atoms with Gasteiger partial charge in [-0.05, 0) is 18.9 Å². The quantitative estimate of drug-likeness (QED) is 0.218. The maximum atomic E-state index is 4.66. The monoisotopic (exact) mass is 483 g/mol. The predicted octanol–water partition coefficient (Wildman–Crippen LogP) is 4.23. The molecular formula is C21H34IN5. The Morgan fingerprint density at radius 2 is 1.89 bits per heavy atom. The van der Waals surface area contributed by atoms with Crippen molar-refractivity contribution in [1.29, 1.82) is 0 Å². The fourth-order valence-corrected chi connectivity index (χ4v) is 2.86. The first kappa shape index (κ1) is 23.5. The fraction of sp³-hybridized carbons (Fsp3) is 0.524. The van der Waals surface area contributed by atoms with Crippen LogP contribution in [0.4, 0.5) is 0 Å². The zero-order chi connectivity index (χ0) is 18.5. The van der Waals surface area contributed by atoms with Crippen molar-refractivity contribution in [2.45, 2.75) is 52.5 Å².